The molecule has 0 aromatic rings. The molecule has 1 heterocycles. The predicted octanol–water partition coefficient (Wildman–Crippen LogP) is 2.19. The van der Waals surface area contributed by atoms with Gasteiger partial charge in [0.05, 0.1) is 6.10 Å². The van der Waals surface area contributed by atoms with Crippen LogP contribution in [0.15, 0.2) is 0 Å². The van der Waals surface area contributed by atoms with Gasteiger partial charge in [0, 0.05) is 18.7 Å². The summed E-state index contributed by atoms with van der Waals surface area (Å²) in [6.07, 6.45) is 8.22. The zero-order chi connectivity index (χ0) is 12.1. The molecule has 0 radical (unpaired) electrons. The van der Waals surface area contributed by atoms with Crippen LogP contribution in [0.5, 0.6) is 0 Å². The maximum Gasteiger partial charge on any atom is 0.315 e. The van der Waals surface area contributed by atoms with Gasteiger partial charge in [0.1, 0.15) is 0 Å². The summed E-state index contributed by atoms with van der Waals surface area (Å²) < 4.78 is 5.47. The van der Waals surface area contributed by atoms with Gasteiger partial charge in [0.25, 0.3) is 0 Å². The number of carbonyl (C=O) groups is 1. The van der Waals surface area contributed by atoms with E-state index in [9.17, 15) is 4.79 Å². The van der Waals surface area contributed by atoms with Crippen molar-refractivity contribution in [1.82, 2.24) is 10.6 Å². The molecule has 1 saturated heterocycles. The molecule has 2 aliphatic rings. The Kier molecular flexibility index (Phi) is 4.66. The first kappa shape index (κ1) is 12.7. The highest BCUT2D eigenvalue weighted by Crippen LogP contribution is 2.17. The summed E-state index contributed by atoms with van der Waals surface area (Å²) in [6.45, 7) is 2.82. The third kappa shape index (κ3) is 4.19. The molecule has 2 unspecified atom stereocenters. The van der Waals surface area contributed by atoms with Gasteiger partial charge < -0.3 is 15.4 Å². The maximum absolute atomic E-state index is 11.8. The topological polar surface area (TPSA) is 50.4 Å². The van der Waals surface area contributed by atoms with E-state index in [4.69, 9.17) is 4.74 Å². The molecule has 0 bridgehead atoms. The Morgan fingerprint density at radius 3 is 2.47 bits per heavy atom. The average molecular weight is 240 g/mol. The fourth-order valence-electron chi connectivity index (χ4n) is 2.79. The van der Waals surface area contributed by atoms with Crippen LogP contribution in [0, 0.1) is 0 Å². The maximum atomic E-state index is 11.8. The fourth-order valence-corrected chi connectivity index (χ4v) is 2.79. The Morgan fingerprint density at radius 2 is 1.76 bits per heavy atom. The summed E-state index contributed by atoms with van der Waals surface area (Å²) in [4.78, 5) is 11.8. The fraction of sp³-hybridized carbons (Fsp3) is 0.923. The molecule has 2 N–H and O–H groups in total. The normalized spacial score (nSPS) is 30.9. The molecular weight excluding hydrogens is 216 g/mol. The summed E-state index contributed by atoms with van der Waals surface area (Å²) in [6, 6.07) is 0.680. The highest BCUT2D eigenvalue weighted by molar-refractivity contribution is 5.74. The SMILES string of the molecule is CC1CC(NC(=O)NC2CCCCC2)CCO1. The van der Waals surface area contributed by atoms with E-state index in [0.717, 1.165) is 32.3 Å². The lowest BCUT2D eigenvalue weighted by molar-refractivity contribution is 0.0153. The first-order chi connectivity index (χ1) is 8.24. The zero-order valence-electron chi connectivity index (χ0n) is 10.7. The van der Waals surface area contributed by atoms with E-state index in [1.54, 1.807) is 0 Å². The molecule has 0 aromatic carbocycles. The molecule has 2 atom stereocenters. The van der Waals surface area contributed by atoms with Crippen LogP contribution in [0.1, 0.15) is 51.9 Å². The molecule has 2 rings (SSSR count). The van der Waals surface area contributed by atoms with Gasteiger partial charge in [-0.2, -0.15) is 0 Å². The number of rotatable bonds is 2. The van der Waals surface area contributed by atoms with Crippen LogP contribution in [-0.4, -0.2) is 30.8 Å². The van der Waals surface area contributed by atoms with Crippen molar-refractivity contribution in [2.45, 2.75) is 70.1 Å². The van der Waals surface area contributed by atoms with Gasteiger partial charge in [-0.1, -0.05) is 19.3 Å². The van der Waals surface area contributed by atoms with Crippen molar-refractivity contribution in [3.8, 4) is 0 Å². The van der Waals surface area contributed by atoms with Crippen LogP contribution < -0.4 is 10.6 Å². The smallest absolute Gasteiger partial charge is 0.315 e. The van der Waals surface area contributed by atoms with Crippen molar-refractivity contribution < 1.29 is 9.53 Å². The van der Waals surface area contributed by atoms with Crippen LogP contribution in [0.2, 0.25) is 0 Å². The Labute approximate surface area is 103 Å². The van der Waals surface area contributed by atoms with E-state index in [0.29, 0.717) is 6.04 Å². The summed E-state index contributed by atoms with van der Waals surface area (Å²) >= 11 is 0. The number of carbonyl (C=O) groups excluding carboxylic acids is 1. The lowest BCUT2D eigenvalue weighted by Crippen LogP contribution is -2.49. The molecule has 0 spiro atoms. The minimum Gasteiger partial charge on any atom is -0.378 e. The van der Waals surface area contributed by atoms with Gasteiger partial charge >= 0.3 is 6.03 Å². The molecule has 4 nitrogen and oxygen atoms in total. The van der Waals surface area contributed by atoms with E-state index in [2.05, 4.69) is 17.6 Å². The Balaban J connectivity index is 1.68. The lowest BCUT2D eigenvalue weighted by atomic mass is 9.96. The number of ether oxygens (including phenoxy) is 1. The van der Waals surface area contributed by atoms with Gasteiger partial charge in [-0.25, -0.2) is 4.79 Å². The minimum atomic E-state index is 0.0102. The minimum absolute atomic E-state index is 0.0102. The van der Waals surface area contributed by atoms with E-state index in [1.807, 2.05) is 0 Å². The van der Waals surface area contributed by atoms with Crippen molar-refractivity contribution in [2.75, 3.05) is 6.61 Å². The number of nitrogens with one attached hydrogen (secondary N) is 2. The predicted molar refractivity (Wildman–Crippen MR) is 67.0 cm³/mol. The molecule has 2 fully saturated rings. The van der Waals surface area contributed by atoms with Gasteiger partial charge in [0.15, 0.2) is 0 Å². The second-order valence-corrected chi connectivity index (χ2v) is 5.36. The van der Waals surface area contributed by atoms with Gasteiger partial charge in [-0.15, -0.1) is 0 Å². The first-order valence-electron chi connectivity index (χ1n) is 6.92. The van der Waals surface area contributed by atoms with Crippen molar-refractivity contribution >= 4 is 6.03 Å². The summed E-state index contributed by atoms with van der Waals surface area (Å²) in [5.74, 6) is 0. The van der Waals surface area contributed by atoms with Crippen LogP contribution >= 0.6 is 0 Å². The number of hydrogen-bond donors (Lipinski definition) is 2. The van der Waals surface area contributed by atoms with Gasteiger partial charge in [-0.05, 0) is 32.6 Å². The Bertz CT molecular complexity index is 252. The van der Waals surface area contributed by atoms with E-state index in [-0.39, 0.29) is 18.2 Å². The first-order valence-corrected chi connectivity index (χ1v) is 6.92. The molecule has 98 valence electrons. The molecule has 17 heavy (non-hydrogen) atoms. The van der Waals surface area contributed by atoms with Crippen LogP contribution in [-0.2, 0) is 4.74 Å². The quantitative estimate of drug-likeness (QED) is 0.777. The number of hydrogen-bond acceptors (Lipinski definition) is 2. The molecular formula is C13H24N2O2. The molecule has 0 aromatic heterocycles. The summed E-state index contributed by atoms with van der Waals surface area (Å²) in [5, 5.41) is 6.16. The highest BCUT2D eigenvalue weighted by atomic mass is 16.5. The third-order valence-corrected chi connectivity index (χ3v) is 3.76. The molecule has 1 aliphatic heterocycles. The Morgan fingerprint density at radius 1 is 1.06 bits per heavy atom. The summed E-state index contributed by atoms with van der Waals surface area (Å²) in [7, 11) is 0. The van der Waals surface area contributed by atoms with E-state index >= 15 is 0 Å². The van der Waals surface area contributed by atoms with Gasteiger partial charge in [-0.3, -0.25) is 0 Å². The monoisotopic (exact) mass is 240 g/mol. The van der Waals surface area contributed by atoms with Crippen molar-refractivity contribution in [3.05, 3.63) is 0 Å². The van der Waals surface area contributed by atoms with E-state index < -0.39 is 0 Å². The van der Waals surface area contributed by atoms with Crippen LogP contribution in [0.4, 0.5) is 4.79 Å². The highest BCUT2D eigenvalue weighted by Gasteiger charge is 2.22. The van der Waals surface area contributed by atoms with E-state index in [1.165, 1.54) is 19.3 Å². The second-order valence-electron chi connectivity index (χ2n) is 5.36. The molecule has 4 heteroatoms. The third-order valence-electron chi connectivity index (χ3n) is 3.76. The van der Waals surface area contributed by atoms with Crippen molar-refractivity contribution in [3.63, 3.8) is 0 Å². The van der Waals surface area contributed by atoms with Crippen molar-refractivity contribution in [1.29, 1.82) is 0 Å². The standard InChI is InChI=1S/C13H24N2O2/c1-10-9-12(7-8-17-10)15-13(16)14-11-5-3-2-4-6-11/h10-12H,2-9H2,1H3,(H2,14,15,16). The average Bonchev–Trinajstić information content (AvgIpc) is 2.30. The Hall–Kier alpha value is -0.770. The van der Waals surface area contributed by atoms with Gasteiger partial charge in [0.2, 0.25) is 0 Å². The van der Waals surface area contributed by atoms with Crippen LogP contribution in [0.3, 0.4) is 0 Å². The zero-order valence-corrected chi connectivity index (χ0v) is 10.7. The summed E-state index contributed by atoms with van der Waals surface area (Å²) in [5.41, 5.74) is 0. The largest absolute Gasteiger partial charge is 0.378 e. The van der Waals surface area contributed by atoms with Crippen molar-refractivity contribution in [2.24, 2.45) is 0 Å². The lowest BCUT2D eigenvalue weighted by Gasteiger charge is -2.29. The second kappa shape index (κ2) is 6.24. The van der Waals surface area contributed by atoms with Crippen LogP contribution in [0.25, 0.3) is 0 Å². The molecule has 1 aliphatic carbocycles. The molecule has 2 amide bonds. The number of urea groups is 1. The number of amides is 2. The molecule has 1 saturated carbocycles.